The minimum atomic E-state index is -3.18. The normalized spacial score (nSPS) is 12.3. The molecule has 1 aromatic carbocycles. The van der Waals surface area contributed by atoms with Gasteiger partial charge < -0.3 is 10.2 Å². The fraction of sp³-hybridized carbons (Fsp3) is 0.462. The van der Waals surface area contributed by atoms with Gasteiger partial charge in [-0.15, -0.1) is 0 Å². The van der Waals surface area contributed by atoms with Gasteiger partial charge in [0.25, 0.3) is 0 Å². The van der Waals surface area contributed by atoms with Gasteiger partial charge in [-0.3, -0.25) is 4.99 Å². The summed E-state index contributed by atoms with van der Waals surface area (Å²) in [5, 5.41) is 4.10. The van der Waals surface area contributed by atoms with Gasteiger partial charge in [-0.25, -0.2) is 13.1 Å². The molecule has 0 saturated heterocycles. The van der Waals surface area contributed by atoms with Gasteiger partial charge in [0.05, 0.1) is 16.3 Å². The van der Waals surface area contributed by atoms with Gasteiger partial charge in [0, 0.05) is 33.7 Å². The second kappa shape index (κ2) is 8.57. The summed E-state index contributed by atoms with van der Waals surface area (Å²) in [5.74, 6) is 0.654. The third-order valence-corrected chi connectivity index (χ3v) is 4.22. The molecule has 0 amide bonds. The molecule has 2 N–H and O–H groups in total. The zero-order valence-corrected chi connectivity index (χ0v) is 15.1. The third kappa shape index (κ3) is 6.83. The Balaban J connectivity index is 2.54. The minimum Gasteiger partial charge on any atom is -0.355 e. The minimum absolute atomic E-state index is 0.290. The van der Waals surface area contributed by atoms with Crippen LogP contribution >= 0.6 is 23.2 Å². The van der Waals surface area contributed by atoms with Crippen LogP contribution in [0.15, 0.2) is 23.2 Å². The number of nitrogens with zero attached hydrogens (tertiary/aromatic N) is 2. The summed E-state index contributed by atoms with van der Waals surface area (Å²) in [4.78, 5) is 6.06. The van der Waals surface area contributed by atoms with Gasteiger partial charge >= 0.3 is 0 Å². The van der Waals surface area contributed by atoms with E-state index in [1.807, 2.05) is 18.0 Å². The van der Waals surface area contributed by atoms with E-state index in [-0.39, 0.29) is 0 Å². The first-order valence-corrected chi connectivity index (χ1v) is 9.18. The lowest BCUT2D eigenvalue weighted by molar-refractivity contribution is 0.477. The fourth-order valence-electron chi connectivity index (χ4n) is 1.78. The number of rotatable bonds is 6. The zero-order chi connectivity index (χ0) is 16.8. The summed E-state index contributed by atoms with van der Waals surface area (Å²) >= 11 is 11.9. The maximum atomic E-state index is 11.0. The first-order valence-electron chi connectivity index (χ1n) is 6.53. The standard InChI is InChI=1S/C13H20Cl2N4O2S/c1-16-13(17-6-7-18-22(3,20)21)19(2)9-10-4-5-11(14)12(15)8-10/h4-5,8,18H,6-7,9H2,1-3H3,(H,16,17). The number of guanidine groups is 1. The molecule has 0 radical (unpaired) electrons. The van der Waals surface area contributed by atoms with Crippen LogP contribution in [0, 0.1) is 0 Å². The highest BCUT2D eigenvalue weighted by molar-refractivity contribution is 7.88. The average molecular weight is 367 g/mol. The number of sulfonamides is 1. The second-order valence-electron chi connectivity index (χ2n) is 4.75. The molecule has 0 aliphatic carbocycles. The first kappa shape index (κ1) is 19.0. The Morgan fingerprint density at radius 3 is 2.50 bits per heavy atom. The van der Waals surface area contributed by atoms with Gasteiger partial charge in [-0.05, 0) is 17.7 Å². The second-order valence-corrected chi connectivity index (χ2v) is 7.39. The largest absolute Gasteiger partial charge is 0.355 e. The Labute approximate surface area is 141 Å². The topological polar surface area (TPSA) is 73.8 Å². The van der Waals surface area contributed by atoms with E-state index in [0.717, 1.165) is 11.8 Å². The monoisotopic (exact) mass is 366 g/mol. The molecule has 0 aromatic heterocycles. The SMILES string of the molecule is CN=C(NCCNS(C)(=O)=O)N(C)Cc1ccc(Cl)c(Cl)c1. The smallest absolute Gasteiger partial charge is 0.208 e. The maximum absolute atomic E-state index is 11.0. The van der Waals surface area contributed by atoms with E-state index in [2.05, 4.69) is 15.0 Å². The lowest BCUT2D eigenvalue weighted by Crippen LogP contribution is -2.42. The number of benzene rings is 1. The summed E-state index contributed by atoms with van der Waals surface area (Å²) in [6.07, 6.45) is 1.12. The first-order chi connectivity index (χ1) is 10.2. The Morgan fingerprint density at radius 2 is 1.95 bits per heavy atom. The Morgan fingerprint density at radius 1 is 1.27 bits per heavy atom. The van der Waals surface area contributed by atoms with Crippen molar-refractivity contribution >= 4 is 39.2 Å². The number of halogens is 2. The van der Waals surface area contributed by atoms with Crippen LogP contribution in [-0.4, -0.2) is 52.7 Å². The van der Waals surface area contributed by atoms with Crippen LogP contribution in [0.2, 0.25) is 10.0 Å². The van der Waals surface area contributed by atoms with Crippen LogP contribution in [0.25, 0.3) is 0 Å². The molecule has 22 heavy (non-hydrogen) atoms. The number of nitrogens with one attached hydrogen (secondary N) is 2. The average Bonchev–Trinajstić information content (AvgIpc) is 2.41. The molecule has 0 aliphatic rings. The molecule has 124 valence electrons. The molecule has 6 nitrogen and oxygen atoms in total. The molecule has 0 aliphatic heterocycles. The van der Waals surface area contributed by atoms with Crippen LogP contribution in [0.3, 0.4) is 0 Å². The molecule has 0 saturated carbocycles. The molecule has 0 bridgehead atoms. The van der Waals surface area contributed by atoms with Gasteiger partial charge in [0.1, 0.15) is 0 Å². The molecule has 0 spiro atoms. The fourth-order valence-corrected chi connectivity index (χ4v) is 2.58. The highest BCUT2D eigenvalue weighted by Gasteiger charge is 2.08. The van der Waals surface area contributed by atoms with Crippen molar-refractivity contribution in [2.24, 2.45) is 4.99 Å². The van der Waals surface area contributed by atoms with E-state index in [0.29, 0.717) is 35.6 Å². The third-order valence-electron chi connectivity index (χ3n) is 2.75. The van der Waals surface area contributed by atoms with Crippen molar-refractivity contribution in [2.45, 2.75) is 6.54 Å². The van der Waals surface area contributed by atoms with Crippen molar-refractivity contribution in [1.82, 2.24) is 14.9 Å². The summed E-state index contributed by atoms with van der Waals surface area (Å²) in [5.41, 5.74) is 0.995. The predicted octanol–water partition coefficient (Wildman–Crippen LogP) is 1.55. The summed E-state index contributed by atoms with van der Waals surface area (Å²) in [7, 11) is 0.364. The van der Waals surface area contributed by atoms with Gasteiger partial charge in [0.15, 0.2) is 5.96 Å². The summed E-state index contributed by atoms with van der Waals surface area (Å²) < 4.78 is 24.4. The van der Waals surface area contributed by atoms with E-state index in [4.69, 9.17) is 23.2 Å². The quantitative estimate of drug-likeness (QED) is 0.455. The Hall–Kier alpha value is -1.02. The molecule has 1 rings (SSSR count). The molecular formula is C13H20Cl2N4O2S. The zero-order valence-electron chi connectivity index (χ0n) is 12.7. The predicted molar refractivity (Wildman–Crippen MR) is 92.1 cm³/mol. The molecule has 9 heteroatoms. The van der Waals surface area contributed by atoms with E-state index in [1.54, 1.807) is 19.2 Å². The van der Waals surface area contributed by atoms with Crippen molar-refractivity contribution < 1.29 is 8.42 Å². The van der Waals surface area contributed by atoms with Crippen LogP contribution in [0.1, 0.15) is 5.56 Å². The van der Waals surface area contributed by atoms with E-state index in [9.17, 15) is 8.42 Å². The molecule has 0 heterocycles. The maximum Gasteiger partial charge on any atom is 0.208 e. The number of hydrogen-bond acceptors (Lipinski definition) is 3. The van der Waals surface area contributed by atoms with Crippen LogP contribution in [-0.2, 0) is 16.6 Å². The molecule has 0 fully saturated rings. The Bertz CT molecular complexity index is 635. The van der Waals surface area contributed by atoms with E-state index < -0.39 is 10.0 Å². The lowest BCUT2D eigenvalue weighted by Gasteiger charge is -2.22. The summed E-state index contributed by atoms with van der Waals surface area (Å²) in [6.45, 7) is 1.32. The van der Waals surface area contributed by atoms with Crippen molar-refractivity contribution in [3.8, 4) is 0 Å². The molecule has 0 unspecified atom stereocenters. The lowest BCUT2D eigenvalue weighted by atomic mass is 10.2. The summed E-state index contributed by atoms with van der Waals surface area (Å²) in [6, 6.07) is 5.45. The number of aliphatic imine (C=N–C) groups is 1. The highest BCUT2D eigenvalue weighted by Crippen LogP contribution is 2.23. The van der Waals surface area contributed by atoms with E-state index >= 15 is 0 Å². The van der Waals surface area contributed by atoms with Crippen molar-refractivity contribution in [1.29, 1.82) is 0 Å². The van der Waals surface area contributed by atoms with Crippen molar-refractivity contribution in [3.63, 3.8) is 0 Å². The van der Waals surface area contributed by atoms with Gasteiger partial charge in [0.2, 0.25) is 10.0 Å². The van der Waals surface area contributed by atoms with Gasteiger partial charge in [-0.2, -0.15) is 0 Å². The van der Waals surface area contributed by atoms with Crippen molar-refractivity contribution in [3.05, 3.63) is 33.8 Å². The van der Waals surface area contributed by atoms with Crippen LogP contribution < -0.4 is 10.0 Å². The van der Waals surface area contributed by atoms with E-state index in [1.165, 1.54) is 0 Å². The number of hydrogen-bond donors (Lipinski definition) is 2. The van der Waals surface area contributed by atoms with Crippen LogP contribution in [0.5, 0.6) is 0 Å². The Kier molecular flexibility index (Phi) is 7.41. The molecule has 0 atom stereocenters. The van der Waals surface area contributed by atoms with Crippen LogP contribution in [0.4, 0.5) is 0 Å². The van der Waals surface area contributed by atoms with Gasteiger partial charge in [-0.1, -0.05) is 29.3 Å². The molecular weight excluding hydrogens is 347 g/mol. The molecule has 1 aromatic rings. The highest BCUT2D eigenvalue weighted by atomic mass is 35.5. The van der Waals surface area contributed by atoms with Crippen molar-refractivity contribution in [2.75, 3.05) is 33.4 Å².